The first-order valence-electron chi connectivity index (χ1n) is 9.83. The maximum absolute atomic E-state index is 13.1. The first-order chi connectivity index (χ1) is 15.2. The van der Waals surface area contributed by atoms with Crippen molar-refractivity contribution in [2.75, 3.05) is 41.4 Å². The highest BCUT2D eigenvalue weighted by Crippen LogP contribution is 2.43. The molecule has 1 atom stereocenters. The van der Waals surface area contributed by atoms with Crippen LogP contribution in [0.1, 0.15) is 17.2 Å². The van der Waals surface area contributed by atoms with E-state index in [0.717, 1.165) is 0 Å². The smallest absolute Gasteiger partial charge is 0.295 e. The van der Waals surface area contributed by atoms with Crippen LogP contribution in [0.4, 0.5) is 0 Å². The van der Waals surface area contributed by atoms with Gasteiger partial charge in [0.25, 0.3) is 11.7 Å². The number of Topliss-reactive ketones (excluding diaryl/α,β-unsaturated/α-hetero) is 1. The van der Waals surface area contributed by atoms with Gasteiger partial charge < -0.3 is 29.5 Å². The second kappa shape index (κ2) is 9.50. The van der Waals surface area contributed by atoms with E-state index in [1.165, 1.54) is 43.4 Å². The number of methoxy groups -OCH3 is 2. The summed E-state index contributed by atoms with van der Waals surface area (Å²) in [5.41, 5.74) is 0.646. The Morgan fingerprint density at radius 3 is 2.28 bits per heavy atom. The quantitative estimate of drug-likeness (QED) is 0.372. The van der Waals surface area contributed by atoms with Crippen LogP contribution < -0.4 is 9.47 Å². The number of benzene rings is 2. The maximum Gasteiger partial charge on any atom is 0.295 e. The Kier molecular flexibility index (Phi) is 6.96. The second-order valence-electron chi connectivity index (χ2n) is 7.57. The number of aliphatic hydroxyl groups excluding tert-OH is 1. The van der Waals surface area contributed by atoms with Crippen molar-refractivity contribution in [3.8, 4) is 17.2 Å². The molecule has 1 unspecified atom stereocenters. The fourth-order valence-corrected chi connectivity index (χ4v) is 3.85. The van der Waals surface area contributed by atoms with E-state index in [1.54, 1.807) is 12.1 Å². The average molecular weight is 461 g/mol. The highest BCUT2D eigenvalue weighted by molar-refractivity contribution is 6.46. The molecule has 0 saturated carbocycles. The van der Waals surface area contributed by atoms with Gasteiger partial charge in [-0.05, 0) is 37.9 Å². The van der Waals surface area contributed by atoms with E-state index in [-0.39, 0.29) is 34.2 Å². The summed E-state index contributed by atoms with van der Waals surface area (Å²) in [6.07, 6.45) is 0. The molecule has 1 aliphatic rings. The van der Waals surface area contributed by atoms with Gasteiger partial charge in [-0.1, -0.05) is 23.7 Å². The molecule has 32 heavy (non-hydrogen) atoms. The normalized spacial score (nSPS) is 17.8. The standard InChI is InChI=1S/C23H25ClN2O6/c1-25(2)9-10-26-20(13-5-7-14(27)8-6-13)19(22(29)23(26)30)21(28)15-11-16(24)18(32-4)12-17(15)31-3/h5-8,11-12,20,27-28H,9-10H2,1-4H3/b21-19+. The topological polar surface area (TPSA) is 99.5 Å². The zero-order valence-corrected chi connectivity index (χ0v) is 19.0. The monoisotopic (exact) mass is 460 g/mol. The number of halogens is 1. The number of hydrogen-bond acceptors (Lipinski definition) is 7. The zero-order chi connectivity index (χ0) is 23.6. The van der Waals surface area contributed by atoms with Crippen molar-refractivity contribution >= 4 is 29.1 Å². The molecule has 0 radical (unpaired) electrons. The van der Waals surface area contributed by atoms with Crippen molar-refractivity contribution < 1.29 is 29.3 Å². The van der Waals surface area contributed by atoms with E-state index < -0.39 is 23.5 Å². The van der Waals surface area contributed by atoms with Crippen LogP contribution in [0.25, 0.3) is 5.76 Å². The first-order valence-corrected chi connectivity index (χ1v) is 10.2. The highest BCUT2D eigenvalue weighted by atomic mass is 35.5. The largest absolute Gasteiger partial charge is 0.508 e. The van der Waals surface area contributed by atoms with Gasteiger partial charge in [0.1, 0.15) is 23.0 Å². The molecule has 2 aromatic carbocycles. The summed E-state index contributed by atoms with van der Waals surface area (Å²) < 4.78 is 10.6. The minimum atomic E-state index is -0.846. The Balaban J connectivity index is 2.22. The number of ether oxygens (including phenoxy) is 2. The summed E-state index contributed by atoms with van der Waals surface area (Å²) in [5, 5.41) is 21.1. The van der Waals surface area contributed by atoms with Gasteiger partial charge in [-0.15, -0.1) is 0 Å². The summed E-state index contributed by atoms with van der Waals surface area (Å²) in [6.45, 7) is 0.778. The van der Waals surface area contributed by atoms with Gasteiger partial charge >= 0.3 is 0 Å². The summed E-state index contributed by atoms with van der Waals surface area (Å²) in [4.78, 5) is 29.3. The molecule has 2 aromatic rings. The molecule has 1 fully saturated rings. The van der Waals surface area contributed by atoms with E-state index in [2.05, 4.69) is 0 Å². The number of rotatable bonds is 7. The van der Waals surface area contributed by atoms with Crippen LogP contribution in [-0.4, -0.2) is 73.1 Å². The maximum atomic E-state index is 13.1. The Morgan fingerprint density at radius 1 is 1.09 bits per heavy atom. The highest BCUT2D eigenvalue weighted by Gasteiger charge is 2.46. The Labute approximate surface area is 191 Å². The van der Waals surface area contributed by atoms with E-state index in [9.17, 15) is 19.8 Å². The number of ketones is 1. The van der Waals surface area contributed by atoms with E-state index in [1.807, 2.05) is 19.0 Å². The van der Waals surface area contributed by atoms with Crippen molar-refractivity contribution in [1.82, 2.24) is 9.80 Å². The van der Waals surface area contributed by atoms with Crippen LogP contribution in [-0.2, 0) is 9.59 Å². The molecule has 0 aromatic heterocycles. The molecule has 1 heterocycles. The van der Waals surface area contributed by atoms with Crippen molar-refractivity contribution in [1.29, 1.82) is 0 Å². The number of aromatic hydroxyl groups is 1. The number of phenolic OH excluding ortho intramolecular Hbond substituents is 1. The molecule has 1 aliphatic heterocycles. The van der Waals surface area contributed by atoms with Gasteiger partial charge in [-0.25, -0.2) is 0 Å². The lowest BCUT2D eigenvalue weighted by Gasteiger charge is -2.26. The number of phenols is 1. The molecular formula is C23H25ClN2O6. The van der Waals surface area contributed by atoms with Gasteiger partial charge in [0.05, 0.1) is 36.4 Å². The summed E-state index contributed by atoms with van der Waals surface area (Å²) >= 11 is 6.25. The van der Waals surface area contributed by atoms with E-state index in [4.69, 9.17) is 21.1 Å². The van der Waals surface area contributed by atoms with Crippen LogP contribution in [0.2, 0.25) is 5.02 Å². The Hall–Kier alpha value is -3.23. The number of likely N-dealkylation sites (tertiary alicyclic amines) is 1. The van der Waals surface area contributed by atoms with Crippen LogP contribution in [0.5, 0.6) is 17.2 Å². The Morgan fingerprint density at radius 2 is 1.72 bits per heavy atom. The van der Waals surface area contributed by atoms with Crippen LogP contribution in [0, 0.1) is 0 Å². The minimum absolute atomic E-state index is 0.0441. The van der Waals surface area contributed by atoms with Gasteiger partial charge in [-0.3, -0.25) is 9.59 Å². The fraction of sp³-hybridized carbons (Fsp3) is 0.304. The molecule has 3 rings (SSSR count). The minimum Gasteiger partial charge on any atom is -0.508 e. The van der Waals surface area contributed by atoms with E-state index in [0.29, 0.717) is 17.9 Å². The third-order valence-electron chi connectivity index (χ3n) is 5.27. The summed E-state index contributed by atoms with van der Waals surface area (Å²) in [7, 11) is 6.57. The molecule has 0 aliphatic carbocycles. The Bertz CT molecular complexity index is 1060. The van der Waals surface area contributed by atoms with Crippen molar-refractivity contribution in [2.45, 2.75) is 6.04 Å². The van der Waals surface area contributed by atoms with Crippen molar-refractivity contribution in [3.63, 3.8) is 0 Å². The predicted molar refractivity (Wildman–Crippen MR) is 120 cm³/mol. The molecule has 1 amide bonds. The van der Waals surface area contributed by atoms with Crippen molar-refractivity contribution in [3.05, 3.63) is 58.1 Å². The number of carbonyl (C=O) groups excluding carboxylic acids is 2. The molecular weight excluding hydrogens is 436 g/mol. The van der Waals surface area contributed by atoms with Crippen molar-refractivity contribution in [2.24, 2.45) is 0 Å². The van der Waals surface area contributed by atoms with Gasteiger partial charge in [0.2, 0.25) is 0 Å². The third kappa shape index (κ3) is 4.37. The second-order valence-corrected chi connectivity index (χ2v) is 7.98. The molecule has 0 bridgehead atoms. The average Bonchev–Trinajstić information content (AvgIpc) is 3.02. The molecule has 9 heteroatoms. The summed E-state index contributed by atoms with van der Waals surface area (Å²) in [5.74, 6) is -1.33. The van der Waals surface area contributed by atoms with Crippen LogP contribution >= 0.6 is 11.6 Å². The lowest BCUT2D eigenvalue weighted by Crippen LogP contribution is -2.35. The zero-order valence-electron chi connectivity index (χ0n) is 18.3. The van der Waals surface area contributed by atoms with Gasteiger partial charge in [0.15, 0.2) is 0 Å². The SMILES string of the molecule is COc1cc(OC)c(/C(O)=C2\C(=O)C(=O)N(CCN(C)C)C2c2ccc(O)cc2)cc1Cl. The molecule has 1 saturated heterocycles. The number of likely N-dealkylation sites (N-methyl/N-ethyl adjacent to an activating group) is 1. The number of amides is 1. The first kappa shape index (κ1) is 23.4. The lowest BCUT2D eigenvalue weighted by atomic mass is 9.95. The van der Waals surface area contributed by atoms with Gasteiger partial charge in [0, 0.05) is 19.2 Å². The molecule has 8 nitrogen and oxygen atoms in total. The van der Waals surface area contributed by atoms with E-state index >= 15 is 0 Å². The van der Waals surface area contributed by atoms with Crippen LogP contribution in [0.15, 0.2) is 42.0 Å². The summed E-state index contributed by atoms with van der Waals surface area (Å²) in [6, 6.07) is 8.23. The fourth-order valence-electron chi connectivity index (χ4n) is 3.61. The molecule has 170 valence electrons. The predicted octanol–water partition coefficient (Wildman–Crippen LogP) is 3.05. The number of carbonyl (C=O) groups is 2. The van der Waals surface area contributed by atoms with Gasteiger partial charge in [-0.2, -0.15) is 0 Å². The number of hydrogen-bond donors (Lipinski definition) is 2. The third-order valence-corrected chi connectivity index (χ3v) is 5.56. The number of aliphatic hydroxyl groups is 1. The molecule has 0 spiro atoms. The molecule has 2 N–H and O–H groups in total. The lowest BCUT2D eigenvalue weighted by molar-refractivity contribution is -0.140. The number of nitrogens with zero attached hydrogens (tertiary/aromatic N) is 2. The van der Waals surface area contributed by atoms with Crippen LogP contribution in [0.3, 0.4) is 0 Å².